The van der Waals surface area contributed by atoms with Gasteiger partial charge in [0.15, 0.2) is 0 Å². The van der Waals surface area contributed by atoms with E-state index >= 15 is 0 Å². The van der Waals surface area contributed by atoms with Crippen LogP contribution >= 0.6 is 0 Å². The molecule has 1 fully saturated rings. The molecule has 1 atom stereocenters. The Morgan fingerprint density at radius 2 is 2.00 bits per heavy atom. The van der Waals surface area contributed by atoms with Crippen LogP contribution < -0.4 is 4.74 Å². The van der Waals surface area contributed by atoms with E-state index < -0.39 is 0 Å². The fourth-order valence-electron chi connectivity index (χ4n) is 2.25. The molecule has 0 radical (unpaired) electrons. The molecule has 0 saturated carbocycles. The number of ether oxygens (including phenoxy) is 1. The van der Waals surface area contributed by atoms with Gasteiger partial charge in [0.25, 0.3) is 0 Å². The molecule has 2 heterocycles. The summed E-state index contributed by atoms with van der Waals surface area (Å²) in [4.78, 5) is 6.50. The van der Waals surface area contributed by atoms with Gasteiger partial charge in [-0.05, 0) is 52.3 Å². The maximum Gasteiger partial charge on any atom is 0.122 e. The number of hydrogen-bond donors (Lipinski definition) is 0. The first kappa shape index (κ1) is 12.4. The van der Waals surface area contributed by atoms with Crippen molar-refractivity contribution in [3.05, 3.63) is 24.5 Å². The van der Waals surface area contributed by atoms with Crippen molar-refractivity contribution in [1.82, 2.24) is 9.88 Å². The number of aromatic nitrogens is 1. The molecular formula is C14H22N2O. The Bertz CT molecular complexity index is 345. The third-order valence-electron chi connectivity index (χ3n) is 3.28. The topological polar surface area (TPSA) is 25.4 Å². The van der Waals surface area contributed by atoms with Gasteiger partial charge in [-0.3, -0.25) is 9.88 Å². The van der Waals surface area contributed by atoms with Crippen LogP contribution in [0, 0.1) is 0 Å². The lowest BCUT2D eigenvalue weighted by molar-refractivity contribution is 0.0346. The predicted molar refractivity (Wildman–Crippen MR) is 69.2 cm³/mol. The number of pyridine rings is 1. The first-order chi connectivity index (χ1) is 8.05. The molecule has 94 valence electrons. The van der Waals surface area contributed by atoms with E-state index in [0.717, 1.165) is 18.7 Å². The average molecular weight is 234 g/mol. The third-order valence-corrected chi connectivity index (χ3v) is 3.28. The average Bonchev–Trinajstić information content (AvgIpc) is 2.29. The van der Waals surface area contributed by atoms with E-state index in [4.69, 9.17) is 4.74 Å². The quantitative estimate of drug-likeness (QED) is 0.786. The summed E-state index contributed by atoms with van der Waals surface area (Å²) in [5, 5.41) is 0. The molecule has 0 spiro atoms. The smallest absolute Gasteiger partial charge is 0.122 e. The van der Waals surface area contributed by atoms with Crippen LogP contribution in [0.2, 0.25) is 0 Å². The second-order valence-electron chi connectivity index (χ2n) is 5.68. The van der Waals surface area contributed by atoms with E-state index in [2.05, 4.69) is 30.7 Å². The van der Waals surface area contributed by atoms with Crippen molar-refractivity contribution in [3.63, 3.8) is 0 Å². The first-order valence-electron chi connectivity index (χ1n) is 6.37. The van der Waals surface area contributed by atoms with E-state index in [-0.39, 0.29) is 5.54 Å². The van der Waals surface area contributed by atoms with Crippen LogP contribution in [0.4, 0.5) is 0 Å². The summed E-state index contributed by atoms with van der Waals surface area (Å²) >= 11 is 0. The molecule has 0 N–H and O–H groups in total. The molecule has 3 nitrogen and oxygen atoms in total. The molecule has 3 heteroatoms. The molecule has 2 rings (SSSR count). The van der Waals surface area contributed by atoms with E-state index in [9.17, 15) is 0 Å². The van der Waals surface area contributed by atoms with Crippen molar-refractivity contribution in [3.8, 4) is 5.75 Å². The van der Waals surface area contributed by atoms with Crippen molar-refractivity contribution in [2.45, 2.75) is 45.3 Å². The SMILES string of the molecule is CC(C)(C)N1CCCC(Oc2ccncc2)C1. The summed E-state index contributed by atoms with van der Waals surface area (Å²) in [6, 6.07) is 3.85. The maximum absolute atomic E-state index is 6.00. The third kappa shape index (κ3) is 3.43. The zero-order valence-electron chi connectivity index (χ0n) is 11.0. The van der Waals surface area contributed by atoms with Crippen molar-refractivity contribution in [2.24, 2.45) is 0 Å². The standard InChI is InChI=1S/C14H22N2O/c1-14(2,3)16-10-4-5-13(11-16)17-12-6-8-15-9-7-12/h6-9,13H,4-5,10-11H2,1-3H3. The van der Waals surface area contributed by atoms with Gasteiger partial charge in [-0.2, -0.15) is 0 Å². The van der Waals surface area contributed by atoms with E-state index in [1.165, 1.54) is 13.0 Å². The summed E-state index contributed by atoms with van der Waals surface area (Å²) in [5.41, 5.74) is 0.236. The number of nitrogens with zero attached hydrogens (tertiary/aromatic N) is 2. The van der Waals surface area contributed by atoms with Crippen LogP contribution in [-0.4, -0.2) is 34.6 Å². The number of rotatable bonds is 2. The minimum Gasteiger partial charge on any atom is -0.489 e. The monoisotopic (exact) mass is 234 g/mol. The highest BCUT2D eigenvalue weighted by molar-refractivity contribution is 5.17. The Balaban J connectivity index is 1.94. The van der Waals surface area contributed by atoms with Crippen molar-refractivity contribution >= 4 is 0 Å². The largest absolute Gasteiger partial charge is 0.489 e. The predicted octanol–water partition coefficient (Wildman–Crippen LogP) is 2.72. The lowest BCUT2D eigenvalue weighted by atomic mass is 9.99. The zero-order chi connectivity index (χ0) is 12.3. The molecule has 0 aromatic carbocycles. The molecule has 1 unspecified atom stereocenters. The highest BCUT2D eigenvalue weighted by Gasteiger charge is 2.28. The Hall–Kier alpha value is -1.09. The Morgan fingerprint density at radius 1 is 1.29 bits per heavy atom. The van der Waals surface area contributed by atoms with Crippen LogP contribution in [0.1, 0.15) is 33.6 Å². The maximum atomic E-state index is 6.00. The van der Waals surface area contributed by atoms with Crippen LogP contribution in [0.25, 0.3) is 0 Å². The van der Waals surface area contributed by atoms with Gasteiger partial charge in [0.1, 0.15) is 11.9 Å². The Morgan fingerprint density at radius 3 is 2.65 bits per heavy atom. The second kappa shape index (κ2) is 5.05. The molecular weight excluding hydrogens is 212 g/mol. The van der Waals surface area contributed by atoms with Gasteiger partial charge in [-0.15, -0.1) is 0 Å². The van der Waals surface area contributed by atoms with Gasteiger partial charge < -0.3 is 4.74 Å². The molecule has 0 bridgehead atoms. The number of likely N-dealkylation sites (tertiary alicyclic amines) is 1. The van der Waals surface area contributed by atoms with Gasteiger partial charge in [-0.25, -0.2) is 0 Å². The fourth-order valence-corrected chi connectivity index (χ4v) is 2.25. The first-order valence-corrected chi connectivity index (χ1v) is 6.37. The Labute approximate surface area is 104 Å². The molecule has 1 aliphatic rings. The zero-order valence-corrected chi connectivity index (χ0v) is 11.0. The van der Waals surface area contributed by atoms with Crippen molar-refractivity contribution in [1.29, 1.82) is 0 Å². The highest BCUT2D eigenvalue weighted by atomic mass is 16.5. The van der Waals surface area contributed by atoms with E-state index in [1.54, 1.807) is 12.4 Å². The molecule has 1 aromatic heterocycles. The fraction of sp³-hybridized carbons (Fsp3) is 0.643. The normalized spacial score (nSPS) is 22.4. The van der Waals surface area contributed by atoms with Gasteiger partial charge in [0, 0.05) is 24.5 Å². The van der Waals surface area contributed by atoms with Gasteiger partial charge in [0.05, 0.1) is 0 Å². The van der Waals surface area contributed by atoms with Gasteiger partial charge in [-0.1, -0.05) is 0 Å². The van der Waals surface area contributed by atoms with Crippen LogP contribution in [0.15, 0.2) is 24.5 Å². The lowest BCUT2D eigenvalue weighted by Crippen LogP contribution is -2.50. The molecule has 1 aromatic rings. The summed E-state index contributed by atoms with van der Waals surface area (Å²) < 4.78 is 6.00. The summed E-state index contributed by atoms with van der Waals surface area (Å²) in [5.74, 6) is 0.931. The highest BCUT2D eigenvalue weighted by Crippen LogP contribution is 2.23. The molecule has 0 aliphatic carbocycles. The second-order valence-corrected chi connectivity index (χ2v) is 5.68. The molecule has 1 aliphatic heterocycles. The summed E-state index contributed by atoms with van der Waals surface area (Å²) in [7, 11) is 0. The number of hydrogen-bond acceptors (Lipinski definition) is 3. The van der Waals surface area contributed by atoms with Crippen LogP contribution in [0.3, 0.4) is 0 Å². The Kier molecular flexibility index (Phi) is 3.67. The summed E-state index contributed by atoms with van der Waals surface area (Å²) in [6.07, 6.45) is 6.23. The summed E-state index contributed by atoms with van der Waals surface area (Å²) in [6.45, 7) is 9.00. The van der Waals surface area contributed by atoms with Crippen LogP contribution in [0.5, 0.6) is 5.75 Å². The number of piperidine rings is 1. The minimum absolute atomic E-state index is 0.236. The van der Waals surface area contributed by atoms with Crippen molar-refractivity contribution < 1.29 is 4.74 Å². The van der Waals surface area contributed by atoms with Gasteiger partial charge >= 0.3 is 0 Å². The molecule has 17 heavy (non-hydrogen) atoms. The van der Waals surface area contributed by atoms with Crippen LogP contribution in [-0.2, 0) is 0 Å². The molecule has 0 amide bonds. The van der Waals surface area contributed by atoms with E-state index in [0.29, 0.717) is 6.10 Å². The minimum atomic E-state index is 0.236. The molecule has 1 saturated heterocycles. The van der Waals surface area contributed by atoms with E-state index in [1.807, 2.05) is 12.1 Å². The van der Waals surface area contributed by atoms with Crippen molar-refractivity contribution in [2.75, 3.05) is 13.1 Å². The lowest BCUT2D eigenvalue weighted by Gasteiger charge is -2.41. The van der Waals surface area contributed by atoms with Gasteiger partial charge in [0.2, 0.25) is 0 Å².